The zero-order valence-electron chi connectivity index (χ0n) is 8.37. The van der Waals surface area contributed by atoms with E-state index in [9.17, 15) is 5.11 Å². The van der Waals surface area contributed by atoms with Gasteiger partial charge in [-0.1, -0.05) is 13.8 Å². The molecule has 1 unspecified atom stereocenters. The molecular weight excluding hydrogens is 182 g/mol. The van der Waals surface area contributed by atoms with Crippen molar-refractivity contribution in [3.63, 3.8) is 0 Å². The summed E-state index contributed by atoms with van der Waals surface area (Å²) in [6.45, 7) is 6.24. The number of rotatable bonds is 3. The summed E-state index contributed by atoms with van der Waals surface area (Å²) < 4.78 is 0. The standard InChI is InChI=1S/C10H17NOS/c1-9(2,7-11)10(3,12)8-4-5-13-6-8/h4-6,12H,7,11H2,1-3H3. The summed E-state index contributed by atoms with van der Waals surface area (Å²) in [7, 11) is 0. The molecule has 13 heavy (non-hydrogen) atoms. The zero-order valence-corrected chi connectivity index (χ0v) is 9.19. The van der Waals surface area contributed by atoms with Crippen LogP contribution in [0.3, 0.4) is 0 Å². The second-order valence-electron chi connectivity index (χ2n) is 4.17. The summed E-state index contributed by atoms with van der Waals surface area (Å²) in [4.78, 5) is 0. The molecule has 1 heterocycles. The molecule has 1 atom stereocenters. The smallest absolute Gasteiger partial charge is 0.0939 e. The molecule has 0 aliphatic rings. The maximum Gasteiger partial charge on any atom is 0.0939 e. The van der Waals surface area contributed by atoms with E-state index >= 15 is 0 Å². The van der Waals surface area contributed by atoms with Gasteiger partial charge in [-0.2, -0.15) is 11.3 Å². The Balaban J connectivity index is 3.02. The average Bonchev–Trinajstić information content (AvgIpc) is 2.56. The molecule has 0 amide bonds. The van der Waals surface area contributed by atoms with Crippen LogP contribution in [0.5, 0.6) is 0 Å². The Kier molecular flexibility index (Phi) is 2.80. The fraction of sp³-hybridized carbons (Fsp3) is 0.600. The van der Waals surface area contributed by atoms with E-state index in [1.54, 1.807) is 11.3 Å². The Labute approximate surface area is 83.4 Å². The van der Waals surface area contributed by atoms with Gasteiger partial charge >= 0.3 is 0 Å². The summed E-state index contributed by atoms with van der Waals surface area (Å²) in [5.74, 6) is 0. The van der Waals surface area contributed by atoms with Crippen LogP contribution >= 0.6 is 11.3 Å². The van der Waals surface area contributed by atoms with E-state index in [1.165, 1.54) is 0 Å². The van der Waals surface area contributed by atoms with E-state index in [2.05, 4.69) is 0 Å². The van der Waals surface area contributed by atoms with Gasteiger partial charge in [0.1, 0.15) is 0 Å². The van der Waals surface area contributed by atoms with Crippen molar-refractivity contribution in [2.24, 2.45) is 11.1 Å². The average molecular weight is 199 g/mol. The van der Waals surface area contributed by atoms with Crippen LogP contribution in [0.25, 0.3) is 0 Å². The van der Waals surface area contributed by atoms with Crippen molar-refractivity contribution in [3.8, 4) is 0 Å². The monoisotopic (exact) mass is 199 g/mol. The summed E-state index contributed by atoms with van der Waals surface area (Å²) in [5.41, 5.74) is 5.45. The van der Waals surface area contributed by atoms with Gasteiger partial charge in [0.25, 0.3) is 0 Å². The minimum absolute atomic E-state index is 0.298. The van der Waals surface area contributed by atoms with Crippen LogP contribution in [0.4, 0.5) is 0 Å². The van der Waals surface area contributed by atoms with Gasteiger partial charge in [-0.25, -0.2) is 0 Å². The van der Waals surface area contributed by atoms with Gasteiger partial charge in [-0.15, -0.1) is 0 Å². The molecule has 74 valence electrons. The van der Waals surface area contributed by atoms with E-state index < -0.39 is 5.60 Å². The lowest BCUT2D eigenvalue weighted by molar-refractivity contribution is -0.0518. The lowest BCUT2D eigenvalue weighted by Crippen LogP contribution is -2.44. The highest BCUT2D eigenvalue weighted by Crippen LogP contribution is 2.39. The Hall–Kier alpha value is -0.380. The number of hydrogen-bond donors (Lipinski definition) is 2. The summed E-state index contributed by atoms with van der Waals surface area (Å²) in [6.07, 6.45) is 0. The zero-order chi connectivity index (χ0) is 10.1. The SMILES string of the molecule is CC(C)(CN)C(C)(O)c1ccsc1. The Morgan fingerprint density at radius 2 is 2.08 bits per heavy atom. The molecule has 0 aromatic carbocycles. The van der Waals surface area contributed by atoms with Crippen LogP contribution in [0.15, 0.2) is 16.8 Å². The fourth-order valence-corrected chi connectivity index (χ4v) is 1.89. The molecule has 1 aromatic rings. The van der Waals surface area contributed by atoms with Crippen molar-refractivity contribution in [2.45, 2.75) is 26.4 Å². The highest BCUT2D eigenvalue weighted by molar-refractivity contribution is 7.08. The predicted molar refractivity (Wildman–Crippen MR) is 56.7 cm³/mol. The second kappa shape index (κ2) is 3.40. The Morgan fingerprint density at radius 3 is 2.46 bits per heavy atom. The Bertz CT molecular complexity index is 264. The van der Waals surface area contributed by atoms with Gasteiger partial charge in [0.2, 0.25) is 0 Å². The molecular formula is C10H17NOS. The largest absolute Gasteiger partial charge is 0.385 e. The quantitative estimate of drug-likeness (QED) is 0.781. The van der Waals surface area contributed by atoms with E-state index in [0.717, 1.165) is 5.56 Å². The van der Waals surface area contributed by atoms with E-state index in [1.807, 2.05) is 37.6 Å². The van der Waals surface area contributed by atoms with Crippen molar-refractivity contribution in [1.82, 2.24) is 0 Å². The maximum absolute atomic E-state index is 10.3. The van der Waals surface area contributed by atoms with Crippen molar-refractivity contribution >= 4 is 11.3 Å². The van der Waals surface area contributed by atoms with Crippen molar-refractivity contribution < 1.29 is 5.11 Å². The topological polar surface area (TPSA) is 46.2 Å². The first kappa shape index (κ1) is 10.7. The first-order valence-electron chi connectivity index (χ1n) is 4.37. The molecule has 0 spiro atoms. The highest BCUT2D eigenvalue weighted by Gasteiger charge is 2.39. The normalized spacial score (nSPS) is 17.0. The van der Waals surface area contributed by atoms with Gasteiger partial charge in [-0.05, 0) is 29.3 Å². The fourth-order valence-electron chi connectivity index (χ4n) is 1.13. The minimum atomic E-state index is -0.845. The van der Waals surface area contributed by atoms with Crippen molar-refractivity contribution in [2.75, 3.05) is 6.54 Å². The molecule has 0 saturated heterocycles. The van der Waals surface area contributed by atoms with Gasteiger partial charge in [0.05, 0.1) is 5.60 Å². The first-order valence-corrected chi connectivity index (χ1v) is 5.31. The molecule has 0 saturated carbocycles. The van der Waals surface area contributed by atoms with Gasteiger partial charge in [-0.3, -0.25) is 0 Å². The molecule has 0 fully saturated rings. The van der Waals surface area contributed by atoms with Crippen LogP contribution in [-0.4, -0.2) is 11.7 Å². The summed E-state index contributed by atoms with van der Waals surface area (Å²) >= 11 is 1.59. The first-order chi connectivity index (χ1) is 5.92. The van der Waals surface area contributed by atoms with E-state index in [4.69, 9.17) is 5.73 Å². The van der Waals surface area contributed by atoms with Crippen LogP contribution in [0.2, 0.25) is 0 Å². The molecule has 0 bridgehead atoms. The van der Waals surface area contributed by atoms with Crippen LogP contribution in [-0.2, 0) is 5.60 Å². The Morgan fingerprint density at radius 1 is 1.46 bits per heavy atom. The van der Waals surface area contributed by atoms with Crippen LogP contribution < -0.4 is 5.73 Å². The number of aliphatic hydroxyl groups is 1. The minimum Gasteiger partial charge on any atom is -0.385 e. The number of hydrogen-bond acceptors (Lipinski definition) is 3. The van der Waals surface area contributed by atoms with Crippen LogP contribution in [0, 0.1) is 5.41 Å². The van der Waals surface area contributed by atoms with E-state index in [0.29, 0.717) is 6.54 Å². The van der Waals surface area contributed by atoms with Gasteiger partial charge < -0.3 is 10.8 Å². The number of thiophene rings is 1. The third-order valence-corrected chi connectivity index (χ3v) is 3.59. The summed E-state index contributed by atoms with van der Waals surface area (Å²) in [6, 6.07) is 1.95. The second-order valence-corrected chi connectivity index (χ2v) is 4.95. The lowest BCUT2D eigenvalue weighted by Gasteiger charge is -2.39. The van der Waals surface area contributed by atoms with Crippen molar-refractivity contribution in [3.05, 3.63) is 22.4 Å². The molecule has 2 nitrogen and oxygen atoms in total. The summed E-state index contributed by atoms with van der Waals surface area (Å²) in [5, 5.41) is 14.3. The van der Waals surface area contributed by atoms with Gasteiger partial charge in [0.15, 0.2) is 0 Å². The third kappa shape index (κ3) is 1.77. The molecule has 1 aromatic heterocycles. The molecule has 0 radical (unpaired) electrons. The molecule has 3 heteroatoms. The van der Waals surface area contributed by atoms with Gasteiger partial charge in [0, 0.05) is 12.0 Å². The highest BCUT2D eigenvalue weighted by atomic mass is 32.1. The lowest BCUT2D eigenvalue weighted by atomic mass is 9.73. The molecule has 0 aliphatic carbocycles. The molecule has 1 rings (SSSR count). The van der Waals surface area contributed by atoms with Crippen LogP contribution in [0.1, 0.15) is 26.3 Å². The van der Waals surface area contributed by atoms with Crippen molar-refractivity contribution in [1.29, 1.82) is 0 Å². The molecule has 3 N–H and O–H groups in total. The number of nitrogens with two attached hydrogens (primary N) is 1. The predicted octanol–water partition coefficient (Wildman–Crippen LogP) is 1.94. The molecule has 0 aliphatic heterocycles. The van der Waals surface area contributed by atoms with E-state index in [-0.39, 0.29) is 5.41 Å². The maximum atomic E-state index is 10.3. The third-order valence-electron chi connectivity index (χ3n) is 2.91.